The molecule has 20 heavy (non-hydrogen) atoms. The lowest BCUT2D eigenvalue weighted by Crippen LogP contribution is -2.50. The molecule has 2 N–H and O–H groups in total. The highest BCUT2D eigenvalue weighted by Gasteiger charge is 2.28. The zero-order chi connectivity index (χ0) is 14.4. The summed E-state index contributed by atoms with van der Waals surface area (Å²) >= 11 is 0. The molecule has 1 aliphatic rings. The highest BCUT2D eigenvalue weighted by Crippen LogP contribution is 2.14. The molecule has 0 spiro atoms. The van der Waals surface area contributed by atoms with Gasteiger partial charge in [-0.2, -0.15) is 0 Å². The molecule has 1 fully saturated rings. The van der Waals surface area contributed by atoms with Crippen molar-refractivity contribution >= 4 is 5.91 Å². The number of aromatic nitrogens is 1. The summed E-state index contributed by atoms with van der Waals surface area (Å²) in [5.41, 5.74) is 0.885. The van der Waals surface area contributed by atoms with Crippen molar-refractivity contribution in [1.29, 1.82) is 0 Å². The molecule has 0 aromatic carbocycles. The number of nitrogens with zero attached hydrogens (tertiary/aromatic N) is 2. The fraction of sp³-hybridized carbons (Fsp3) is 0.429. The van der Waals surface area contributed by atoms with Crippen molar-refractivity contribution in [3.63, 3.8) is 0 Å². The van der Waals surface area contributed by atoms with Gasteiger partial charge in [-0.05, 0) is 6.07 Å². The summed E-state index contributed by atoms with van der Waals surface area (Å²) in [6.45, 7) is 0.781. The Kier molecular flexibility index (Phi) is 5.07. The molecule has 1 aromatic heterocycles. The first-order chi connectivity index (χ1) is 9.77. The van der Waals surface area contributed by atoms with Crippen LogP contribution >= 0.6 is 0 Å². The van der Waals surface area contributed by atoms with Crippen LogP contribution in [0.5, 0.6) is 0 Å². The van der Waals surface area contributed by atoms with Crippen LogP contribution in [-0.4, -0.2) is 65.0 Å². The summed E-state index contributed by atoms with van der Waals surface area (Å²) in [6, 6.07) is 1.25. The first-order valence-corrected chi connectivity index (χ1v) is 6.31. The lowest BCUT2D eigenvalue weighted by Gasteiger charge is -2.34. The van der Waals surface area contributed by atoms with Crippen molar-refractivity contribution in [1.82, 2.24) is 9.88 Å². The Hall–Kier alpha value is -1.94. The second-order valence-corrected chi connectivity index (χ2v) is 4.29. The Labute approximate surface area is 117 Å². The number of pyridine rings is 1. The number of hydrogen-bond donors (Lipinski definition) is 2. The van der Waals surface area contributed by atoms with E-state index in [-0.39, 0.29) is 25.2 Å². The van der Waals surface area contributed by atoms with Gasteiger partial charge >= 0.3 is 0 Å². The Morgan fingerprint density at radius 1 is 1.55 bits per heavy atom. The number of carbonyl (C=O) groups excluding carboxylic acids is 1. The molecule has 0 radical (unpaired) electrons. The maximum atomic E-state index is 12.6. The van der Waals surface area contributed by atoms with Crippen LogP contribution in [0.4, 0.5) is 0 Å². The first kappa shape index (κ1) is 14.5. The van der Waals surface area contributed by atoms with Crippen LogP contribution in [0, 0.1) is 11.8 Å². The van der Waals surface area contributed by atoms with E-state index in [0.717, 1.165) is 0 Å². The molecule has 1 atom stereocenters. The van der Waals surface area contributed by atoms with E-state index >= 15 is 0 Å². The van der Waals surface area contributed by atoms with Crippen molar-refractivity contribution in [2.24, 2.45) is 0 Å². The summed E-state index contributed by atoms with van der Waals surface area (Å²) in [6.07, 6.45) is 3.01. The summed E-state index contributed by atoms with van der Waals surface area (Å²) in [5.74, 6) is 5.01. The molecular weight excluding hydrogens is 260 g/mol. The van der Waals surface area contributed by atoms with Gasteiger partial charge in [0.2, 0.25) is 0 Å². The van der Waals surface area contributed by atoms with E-state index < -0.39 is 0 Å². The molecule has 1 saturated heterocycles. The number of carbonyl (C=O) groups is 1. The van der Waals surface area contributed by atoms with Gasteiger partial charge in [0.05, 0.1) is 37.0 Å². The molecule has 1 aromatic rings. The molecule has 0 aliphatic carbocycles. The van der Waals surface area contributed by atoms with Gasteiger partial charge in [0, 0.05) is 18.9 Å². The van der Waals surface area contributed by atoms with Crippen molar-refractivity contribution in [2.45, 2.75) is 6.04 Å². The van der Waals surface area contributed by atoms with E-state index in [2.05, 4.69) is 16.8 Å². The van der Waals surface area contributed by atoms with Crippen LogP contribution in [0.2, 0.25) is 0 Å². The van der Waals surface area contributed by atoms with Crippen LogP contribution in [0.25, 0.3) is 0 Å². The van der Waals surface area contributed by atoms with Crippen molar-refractivity contribution < 1.29 is 19.7 Å². The molecule has 2 rings (SSSR count). The van der Waals surface area contributed by atoms with Crippen LogP contribution in [0.1, 0.15) is 15.9 Å². The first-order valence-electron chi connectivity index (χ1n) is 6.31. The molecule has 0 saturated carbocycles. The van der Waals surface area contributed by atoms with Gasteiger partial charge in [-0.25, -0.2) is 0 Å². The van der Waals surface area contributed by atoms with E-state index in [1.807, 2.05) is 0 Å². The van der Waals surface area contributed by atoms with E-state index in [9.17, 15) is 9.90 Å². The number of aliphatic hydroxyl groups excluding tert-OH is 2. The van der Waals surface area contributed by atoms with Gasteiger partial charge in [-0.1, -0.05) is 11.8 Å². The standard InChI is InChI=1S/C14H16N2O4/c17-6-1-2-11-8-15-4-3-13(11)14(19)16-5-7-20-10-12(16)9-18/h3-4,8,12,17-18H,5-7,9-10H2. The lowest BCUT2D eigenvalue weighted by atomic mass is 10.1. The smallest absolute Gasteiger partial charge is 0.255 e. The van der Waals surface area contributed by atoms with Gasteiger partial charge in [0.1, 0.15) is 6.61 Å². The third-order valence-corrected chi connectivity index (χ3v) is 3.05. The molecule has 1 unspecified atom stereocenters. The second kappa shape index (κ2) is 7.01. The number of amides is 1. The zero-order valence-electron chi connectivity index (χ0n) is 11.0. The minimum absolute atomic E-state index is 0.144. The molecule has 2 heterocycles. The largest absolute Gasteiger partial charge is 0.394 e. The highest BCUT2D eigenvalue weighted by molar-refractivity contribution is 5.96. The van der Waals surface area contributed by atoms with E-state index in [1.165, 1.54) is 12.4 Å². The molecule has 1 aliphatic heterocycles. The summed E-state index contributed by atoms with van der Waals surface area (Å²) in [7, 11) is 0. The topological polar surface area (TPSA) is 82.9 Å². The minimum Gasteiger partial charge on any atom is -0.394 e. The maximum absolute atomic E-state index is 12.6. The van der Waals surface area contributed by atoms with Crippen molar-refractivity contribution in [2.75, 3.05) is 33.0 Å². The molecule has 6 nitrogen and oxygen atoms in total. The number of morpholine rings is 1. The average Bonchev–Trinajstić information content (AvgIpc) is 2.52. The van der Waals surface area contributed by atoms with E-state index in [0.29, 0.717) is 30.9 Å². The van der Waals surface area contributed by atoms with Gasteiger partial charge < -0.3 is 19.8 Å². The third kappa shape index (κ3) is 3.14. The predicted octanol–water partition coefficient (Wildman–Crippen LogP) is -0.741. The van der Waals surface area contributed by atoms with Gasteiger partial charge in [-0.3, -0.25) is 9.78 Å². The summed E-state index contributed by atoms with van der Waals surface area (Å²) in [5, 5.41) is 18.1. The third-order valence-electron chi connectivity index (χ3n) is 3.05. The molecule has 0 bridgehead atoms. The zero-order valence-corrected chi connectivity index (χ0v) is 11.0. The fourth-order valence-corrected chi connectivity index (χ4v) is 2.04. The molecule has 1 amide bonds. The predicted molar refractivity (Wildman–Crippen MR) is 70.9 cm³/mol. The van der Waals surface area contributed by atoms with Crippen LogP contribution in [0.3, 0.4) is 0 Å². The number of aliphatic hydroxyl groups is 2. The monoisotopic (exact) mass is 276 g/mol. The van der Waals surface area contributed by atoms with Crippen molar-refractivity contribution in [3.8, 4) is 11.8 Å². The lowest BCUT2D eigenvalue weighted by molar-refractivity contribution is -0.0184. The molecule has 106 valence electrons. The maximum Gasteiger partial charge on any atom is 0.255 e. The highest BCUT2D eigenvalue weighted by atomic mass is 16.5. The summed E-state index contributed by atoms with van der Waals surface area (Å²) < 4.78 is 5.26. The number of ether oxygens (including phenoxy) is 1. The summed E-state index contributed by atoms with van der Waals surface area (Å²) in [4.78, 5) is 18.1. The van der Waals surface area contributed by atoms with Crippen molar-refractivity contribution in [3.05, 3.63) is 29.6 Å². The van der Waals surface area contributed by atoms with E-state index in [4.69, 9.17) is 9.84 Å². The Morgan fingerprint density at radius 3 is 3.15 bits per heavy atom. The minimum atomic E-state index is -0.344. The van der Waals surface area contributed by atoms with E-state index in [1.54, 1.807) is 11.0 Å². The van der Waals surface area contributed by atoms with Crippen LogP contribution < -0.4 is 0 Å². The van der Waals surface area contributed by atoms with Gasteiger partial charge in [0.15, 0.2) is 0 Å². The van der Waals surface area contributed by atoms with Crippen LogP contribution in [0.15, 0.2) is 18.5 Å². The quantitative estimate of drug-likeness (QED) is 0.695. The number of rotatable bonds is 2. The Morgan fingerprint density at radius 2 is 2.40 bits per heavy atom. The molecular formula is C14H16N2O4. The number of hydrogen-bond acceptors (Lipinski definition) is 5. The van der Waals surface area contributed by atoms with Crippen LogP contribution in [-0.2, 0) is 4.74 Å². The average molecular weight is 276 g/mol. The van der Waals surface area contributed by atoms with Gasteiger partial charge in [-0.15, -0.1) is 0 Å². The Bertz CT molecular complexity index is 535. The van der Waals surface area contributed by atoms with Gasteiger partial charge in [0.25, 0.3) is 5.91 Å². The SMILES string of the molecule is O=C(c1ccncc1C#CCO)N1CCOCC1CO. The fourth-order valence-electron chi connectivity index (χ4n) is 2.04. The molecule has 6 heteroatoms. The normalized spacial score (nSPS) is 18.3. The second-order valence-electron chi connectivity index (χ2n) is 4.29. The Balaban J connectivity index is 2.28.